The zero-order chi connectivity index (χ0) is 13.1. The molecule has 94 valence electrons. The second-order valence-corrected chi connectivity index (χ2v) is 5.01. The van der Waals surface area contributed by atoms with Gasteiger partial charge in [-0.05, 0) is 45.8 Å². The van der Waals surface area contributed by atoms with E-state index in [1.807, 2.05) is 0 Å². The lowest BCUT2D eigenvalue weighted by atomic mass is 10.2. The fraction of sp³-hybridized carbons (Fsp3) is 0.0769. The van der Waals surface area contributed by atoms with E-state index in [9.17, 15) is 4.39 Å². The van der Waals surface area contributed by atoms with Crippen LogP contribution in [-0.2, 0) is 6.61 Å². The summed E-state index contributed by atoms with van der Waals surface area (Å²) < 4.78 is 19.0. The molecule has 0 saturated heterocycles. The standard InChI is InChI=1S/C13H10BrClFNO/c14-11-5-9(15)6-12(17)13(11)18-7-8-1-3-10(16)4-2-8/h1-6H,7,17H2. The van der Waals surface area contributed by atoms with E-state index in [-0.39, 0.29) is 5.82 Å². The van der Waals surface area contributed by atoms with Crippen LogP contribution in [0.5, 0.6) is 5.75 Å². The van der Waals surface area contributed by atoms with Gasteiger partial charge in [0.1, 0.15) is 12.4 Å². The van der Waals surface area contributed by atoms with Crippen LogP contribution in [0.2, 0.25) is 5.02 Å². The molecule has 0 unspecified atom stereocenters. The number of nitrogen functional groups attached to an aromatic ring is 1. The normalized spacial score (nSPS) is 10.4. The van der Waals surface area contributed by atoms with Crippen molar-refractivity contribution in [1.82, 2.24) is 0 Å². The number of ether oxygens (including phenoxy) is 1. The van der Waals surface area contributed by atoms with Crippen molar-refractivity contribution in [2.45, 2.75) is 6.61 Å². The minimum atomic E-state index is -0.272. The molecule has 0 fully saturated rings. The number of hydrogen-bond acceptors (Lipinski definition) is 2. The number of anilines is 1. The fourth-order valence-corrected chi connectivity index (χ4v) is 2.42. The smallest absolute Gasteiger partial charge is 0.156 e. The third kappa shape index (κ3) is 3.15. The van der Waals surface area contributed by atoms with Crippen molar-refractivity contribution in [1.29, 1.82) is 0 Å². The predicted molar refractivity (Wildman–Crippen MR) is 74.3 cm³/mol. The molecule has 0 heterocycles. The van der Waals surface area contributed by atoms with Gasteiger partial charge in [0.25, 0.3) is 0 Å². The molecule has 2 aromatic rings. The summed E-state index contributed by atoms with van der Waals surface area (Å²) >= 11 is 9.18. The summed E-state index contributed by atoms with van der Waals surface area (Å²) in [5.74, 6) is 0.259. The lowest BCUT2D eigenvalue weighted by Gasteiger charge is -2.11. The Morgan fingerprint density at radius 2 is 1.89 bits per heavy atom. The molecule has 0 spiro atoms. The van der Waals surface area contributed by atoms with Crippen molar-refractivity contribution in [3.05, 3.63) is 57.3 Å². The number of hydrogen-bond donors (Lipinski definition) is 1. The molecule has 18 heavy (non-hydrogen) atoms. The SMILES string of the molecule is Nc1cc(Cl)cc(Br)c1OCc1ccc(F)cc1. The highest BCUT2D eigenvalue weighted by atomic mass is 79.9. The topological polar surface area (TPSA) is 35.2 Å². The number of benzene rings is 2. The van der Waals surface area contributed by atoms with E-state index >= 15 is 0 Å². The molecule has 5 heteroatoms. The molecule has 0 aromatic heterocycles. The second kappa shape index (κ2) is 5.59. The van der Waals surface area contributed by atoms with Gasteiger partial charge in [-0.15, -0.1) is 0 Å². The molecule has 0 bridgehead atoms. The van der Waals surface area contributed by atoms with Gasteiger partial charge >= 0.3 is 0 Å². The first-order valence-electron chi connectivity index (χ1n) is 5.18. The maximum absolute atomic E-state index is 12.7. The van der Waals surface area contributed by atoms with Gasteiger partial charge in [0, 0.05) is 5.02 Å². The molecule has 2 rings (SSSR count). The Balaban J connectivity index is 2.13. The lowest BCUT2D eigenvalue weighted by Crippen LogP contribution is -1.99. The van der Waals surface area contributed by atoms with Crippen molar-refractivity contribution >= 4 is 33.2 Å². The minimum Gasteiger partial charge on any atom is -0.486 e. The Hall–Kier alpha value is -1.26. The third-order valence-corrected chi connectivity index (χ3v) is 3.14. The van der Waals surface area contributed by atoms with Gasteiger partial charge in [-0.1, -0.05) is 23.7 Å². The zero-order valence-electron chi connectivity index (χ0n) is 9.29. The average molecular weight is 331 g/mol. The molecular weight excluding hydrogens is 321 g/mol. The first kappa shape index (κ1) is 13.2. The van der Waals surface area contributed by atoms with Crippen molar-refractivity contribution in [2.75, 3.05) is 5.73 Å². The van der Waals surface area contributed by atoms with Crippen LogP contribution in [0.3, 0.4) is 0 Å². The van der Waals surface area contributed by atoms with Gasteiger partial charge in [0.15, 0.2) is 5.75 Å². The quantitative estimate of drug-likeness (QED) is 0.846. The van der Waals surface area contributed by atoms with Gasteiger partial charge in [0.05, 0.1) is 10.2 Å². The summed E-state index contributed by atoms with van der Waals surface area (Å²) in [5.41, 5.74) is 7.13. The summed E-state index contributed by atoms with van der Waals surface area (Å²) in [7, 11) is 0. The lowest BCUT2D eigenvalue weighted by molar-refractivity contribution is 0.306. The Labute approximate surface area is 118 Å². The summed E-state index contributed by atoms with van der Waals surface area (Å²) in [6.07, 6.45) is 0. The maximum Gasteiger partial charge on any atom is 0.156 e. The highest BCUT2D eigenvalue weighted by Gasteiger charge is 2.08. The van der Waals surface area contributed by atoms with Crippen LogP contribution in [0.25, 0.3) is 0 Å². The Bertz CT molecular complexity index is 536. The van der Waals surface area contributed by atoms with Gasteiger partial charge in [-0.2, -0.15) is 0 Å². The zero-order valence-corrected chi connectivity index (χ0v) is 11.6. The summed E-state index contributed by atoms with van der Waals surface area (Å²) in [6, 6.07) is 9.42. The van der Waals surface area contributed by atoms with Crippen LogP contribution >= 0.6 is 27.5 Å². The van der Waals surface area contributed by atoms with Crippen molar-refractivity contribution < 1.29 is 9.13 Å². The molecule has 0 radical (unpaired) electrons. The number of rotatable bonds is 3. The molecule has 2 aromatic carbocycles. The van der Waals surface area contributed by atoms with Crippen LogP contribution in [0.4, 0.5) is 10.1 Å². The first-order valence-corrected chi connectivity index (χ1v) is 6.35. The van der Waals surface area contributed by atoms with Gasteiger partial charge < -0.3 is 10.5 Å². The Morgan fingerprint density at radius 1 is 1.22 bits per heavy atom. The summed E-state index contributed by atoms with van der Waals surface area (Å²) in [5, 5.41) is 0.536. The Kier molecular flexibility index (Phi) is 4.09. The maximum atomic E-state index is 12.7. The van der Waals surface area contributed by atoms with Crippen LogP contribution in [0, 0.1) is 5.82 Å². The average Bonchev–Trinajstić information content (AvgIpc) is 2.30. The van der Waals surface area contributed by atoms with E-state index in [2.05, 4.69) is 15.9 Å². The van der Waals surface area contributed by atoms with Crippen molar-refractivity contribution in [3.63, 3.8) is 0 Å². The largest absolute Gasteiger partial charge is 0.486 e. The predicted octanol–water partition coefficient (Wildman–Crippen LogP) is 4.40. The molecule has 0 amide bonds. The van der Waals surface area contributed by atoms with Crippen LogP contribution in [0.15, 0.2) is 40.9 Å². The van der Waals surface area contributed by atoms with Crippen LogP contribution in [0.1, 0.15) is 5.56 Å². The molecular formula is C13H10BrClFNO. The number of halogens is 3. The van der Waals surface area contributed by atoms with E-state index in [4.69, 9.17) is 22.1 Å². The van der Waals surface area contributed by atoms with Gasteiger partial charge in [0.2, 0.25) is 0 Å². The highest BCUT2D eigenvalue weighted by Crippen LogP contribution is 2.35. The Morgan fingerprint density at radius 3 is 2.50 bits per heavy atom. The van der Waals surface area contributed by atoms with E-state index in [0.29, 0.717) is 27.5 Å². The fourth-order valence-electron chi connectivity index (χ4n) is 1.47. The molecule has 0 atom stereocenters. The highest BCUT2D eigenvalue weighted by molar-refractivity contribution is 9.10. The molecule has 2 N–H and O–H groups in total. The minimum absolute atomic E-state index is 0.272. The van der Waals surface area contributed by atoms with E-state index in [1.165, 1.54) is 12.1 Å². The second-order valence-electron chi connectivity index (χ2n) is 3.72. The first-order chi connectivity index (χ1) is 8.56. The van der Waals surface area contributed by atoms with Gasteiger partial charge in [-0.25, -0.2) is 4.39 Å². The van der Waals surface area contributed by atoms with Crippen LogP contribution < -0.4 is 10.5 Å². The van der Waals surface area contributed by atoms with Gasteiger partial charge in [-0.3, -0.25) is 0 Å². The monoisotopic (exact) mass is 329 g/mol. The molecule has 0 aliphatic heterocycles. The molecule has 2 nitrogen and oxygen atoms in total. The molecule has 0 aliphatic carbocycles. The van der Waals surface area contributed by atoms with E-state index in [1.54, 1.807) is 24.3 Å². The summed E-state index contributed by atoms with van der Waals surface area (Å²) in [4.78, 5) is 0. The third-order valence-electron chi connectivity index (χ3n) is 2.33. The molecule has 0 aliphatic rings. The van der Waals surface area contributed by atoms with E-state index < -0.39 is 0 Å². The summed E-state index contributed by atoms with van der Waals surface area (Å²) in [6.45, 7) is 0.310. The molecule has 0 saturated carbocycles. The van der Waals surface area contributed by atoms with Crippen molar-refractivity contribution in [2.24, 2.45) is 0 Å². The van der Waals surface area contributed by atoms with E-state index in [0.717, 1.165) is 5.56 Å². The van der Waals surface area contributed by atoms with Crippen molar-refractivity contribution in [3.8, 4) is 5.75 Å². The van der Waals surface area contributed by atoms with Crippen LogP contribution in [-0.4, -0.2) is 0 Å². The number of nitrogens with two attached hydrogens (primary N) is 1.